The minimum atomic E-state index is 0.685. The molecule has 1 aromatic heterocycles. The summed E-state index contributed by atoms with van der Waals surface area (Å²) in [5.74, 6) is 1.98. The molecule has 19 heavy (non-hydrogen) atoms. The summed E-state index contributed by atoms with van der Waals surface area (Å²) in [6.45, 7) is 4.18. The fourth-order valence-corrected chi connectivity index (χ4v) is 3.03. The van der Waals surface area contributed by atoms with Crippen LogP contribution in [-0.4, -0.2) is 16.1 Å². The molecule has 1 aromatic carbocycles. The second-order valence-electron chi connectivity index (χ2n) is 5.69. The van der Waals surface area contributed by atoms with Gasteiger partial charge in [0.25, 0.3) is 0 Å². The average Bonchev–Trinajstić information content (AvgIpc) is 3.21. The van der Waals surface area contributed by atoms with Gasteiger partial charge in [-0.3, -0.25) is 4.57 Å². The second kappa shape index (κ2) is 4.20. The van der Waals surface area contributed by atoms with Gasteiger partial charge in [0.15, 0.2) is 0 Å². The largest absolute Gasteiger partial charge is 0.311 e. The molecule has 4 rings (SSSR count). The van der Waals surface area contributed by atoms with Gasteiger partial charge in [-0.25, -0.2) is 4.98 Å². The smallest absolute Gasteiger partial charge is 0.116 e. The zero-order valence-electron chi connectivity index (χ0n) is 11.3. The molecule has 3 heteroatoms. The third kappa shape index (κ3) is 1.80. The van der Waals surface area contributed by atoms with Crippen molar-refractivity contribution in [3.8, 4) is 5.69 Å². The average molecular weight is 253 g/mol. The number of benzene rings is 1. The summed E-state index contributed by atoms with van der Waals surface area (Å²) >= 11 is 0. The molecule has 2 heterocycles. The fraction of sp³-hybridized carbons (Fsp3) is 0.438. The zero-order valence-corrected chi connectivity index (χ0v) is 11.3. The Morgan fingerprint density at radius 1 is 1.26 bits per heavy atom. The van der Waals surface area contributed by atoms with E-state index in [1.165, 1.54) is 41.3 Å². The summed E-state index contributed by atoms with van der Waals surface area (Å²) in [5, 5.41) is 3.43. The Hall–Kier alpha value is -1.61. The zero-order chi connectivity index (χ0) is 12.8. The van der Waals surface area contributed by atoms with Crippen molar-refractivity contribution in [2.75, 3.05) is 6.54 Å². The van der Waals surface area contributed by atoms with Crippen LogP contribution >= 0.6 is 0 Å². The normalized spacial score (nSPS) is 18.4. The summed E-state index contributed by atoms with van der Waals surface area (Å²) in [7, 11) is 0. The number of rotatable bonds is 2. The van der Waals surface area contributed by atoms with E-state index in [2.05, 4.69) is 41.1 Å². The molecule has 1 N–H and O–H groups in total. The molecule has 1 saturated carbocycles. The molecule has 0 bridgehead atoms. The monoisotopic (exact) mass is 253 g/mol. The highest BCUT2D eigenvalue weighted by Gasteiger charge is 2.32. The number of hydrogen-bond acceptors (Lipinski definition) is 2. The van der Waals surface area contributed by atoms with Gasteiger partial charge in [-0.1, -0.05) is 18.2 Å². The number of nitrogens with one attached hydrogen (secondary N) is 1. The standard InChI is InChI=1S/C16H19N3/c1-11-4-2-3-5-14(11)19-15-8-9-17-10-13(15)18-16(19)12-6-7-12/h2-5,12,17H,6-10H2,1H3. The number of aryl methyl sites for hydroxylation is 1. The Balaban J connectivity index is 1.94. The van der Waals surface area contributed by atoms with E-state index in [1.807, 2.05) is 0 Å². The van der Waals surface area contributed by atoms with Gasteiger partial charge in [0, 0.05) is 36.8 Å². The molecule has 3 nitrogen and oxygen atoms in total. The molecule has 0 spiro atoms. The SMILES string of the molecule is Cc1ccccc1-n1c(C2CC2)nc2c1CCNC2. The van der Waals surface area contributed by atoms with Crippen LogP contribution in [0.2, 0.25) is 0 Å². The lowest BCUT2D eigenvalue weighted by Gasteiger charge is -2.17. The van der Waals surface area contributed by atoms with Crippen molar-refractivity contribution in [3.63, 3.8) is 0 Å². The van der Waals surface area contributed by atoms with Crippen molar-refractivity contribution in [1.29, 1.82) is 0 Å². The summed E-state index contributed by atoms with van der Waals surface area (Å²) in [6.07, 6.45) is 3.69. The molecule has 1 aliphatic heterocycles. The van der Waals surface area contributed by atoms with Crippen LogP contribution in [0.25, 0.3) is 5.69 Å². The van der Waals surface area contributed by atoms with Crippen molar-refractivity contribution in [3.05, 3.63) is 47.0 Å². The second-order valence-corrected chi connectivity index (χ2v) is 5.69. The van der Waals surface area contributed by atoms with E-state index < -0.39 is 0 Å². The molecule has 1 aliphatic carbocycles. The first kappa shape index (κ1) is 11.2. The molecule has 2 aliphatic rings. The lowest BCUT2D eigenvalue weighted by Crippen LogP contribution is -2.24. The van der Waals surface area contributed by atoms with Crippen LogP contribution in [0.5, 0.6) is 0 Å². The van der Waals surface area contributed by atoms with E-state index in [-0.39, 0.29) is 0 Å². The first-order chi connectivity index (χ1) is 9.34. The number of nitrogens with zero attached hydrogens (tertiary/aromatic N) is 2. The minimum Gasteiger partial charge on any atom is -0.311 e. The summed E-state index contributed by atoms with van der Waals surface area (Å²) in [6, 6.07) is 8.66. The number of hydrogen-bond donors (Lipinski definition) is 1. The van der Waals surface area contributed by atoms with Crippen LogP contribution in [0, 0.1) is 6.92 Å². The van der Waals surface area contributed by atoms with E-state index in [9.17, 15) is 0 Å². The van der Waals surface area contributed by atoms with Gasteiger partial charge in [-0.05, 0) is 31.4 Å². The highest BCUT2D eigenvalue weighted by atomic mass is 15.1. The Bertz CT molecular complexity index is 623. The predicted octanol–water partition coefficient (Wildman–Crippen LogP) is 2.70. The third-order valence-electron chi connectivity index (χ3n) is 4.21. The van der Waals surface area contributed by atoms with Crippen LogP contribution in [0.3, 0.4) is 0 Å². The lowest BCUT2D eigenvalue weighted by atomic mass is 10.1. The van der Waals surface area contributed by atoms with Crippen LogP contribution in [0.4, 0.5) is 0 Å². The Kier molecular flexibility index (Phi) is 2.49. The van der Waals surface area contributed by atoms with Crippen LogP contribution in [0.1, 0.15) is 41.5 Å². The quantitative estimate of drug-likeness (QED) is 0.892. The molecular formula is C16H19N3. The molecular weight excluding hydrogens is 234 g/mol. The van der Waals surface area contributed by atoms with E-state index in [1.54, 1.807) is 0 Å². The van der Waals surface area contributed by atoms with Crippen molar-refractivity contribution in [2.45, 2.75) is 38.6 Å². The van der Waals surface area contributed by atoms with Gasteiger partial charge in [0.1, 0.15) is 5.82 Å². The molecule has 0 amide bonds. The molecule has 0 atom stereocenters. The summed E-state index contributed by atoms with van der Waals surface area (Å²) < 4.78 is 2.45. The van der Waals surface area contributed by atoms with Crippen molar-refractivity contribution in [2.24, 2.45) is 0 Å². The Morgan fingerprint density at radius 3 is 2.89 bits per heavy atom. The first-order valence-electron chi connectivity index (χ1n) is 7.21. The van der Waals surface area contributed by atoms with Gasteiger partial charge < -0.3 is 5.32 Å². The van der Waals surface area contributed by atoms with E-state index >= 15 is 0 Å². The molecule has 0 radical (unpaired) electrons. The van der Waals surface area contributed by atoms with E-state index in [4.69, 9.17) is 4.98 Å². The minimum absolute atomic E-state index is 0.685. The Labute approximate surface area is 113 Å². The van der Waals surface area contributed by atoms with Crippen LogP contribution in [0.15, 0.2) is 24.3 Å². The number of aromatic nitrogens is 2. The van der Waals surface area contributed by atoms with Gasteiger partial charge >= 0.3 is 0 Å². The maximum atomic E-state index is 4.93. The Morgan fingerprint density at radius 2 is 2.11 bits per heavy atom. The first-order valence-corrected chi connectivity index (χ1v) is 7.21. The third-order valence-corrected chi connectivity index (χ3v) is 4.21. The summed E-state index contributed by atoms with van der Waals surface area (Å²) in [4.78, 5) is 4.93. The van der Waals surface area contributed by atoms with Gasteiger partial charge in [0.05, 0.1) is 5.69 Å². The van der Waals surface area contributed by atoms with Gasteiger partial charge in [-0.15, -0.1) is 0 Å². The van der Waals surface area contributed by atoms with Crippen LogP contribution in [-0.2, 0) is 13.0 Å². The van der Waals surface area contributed by atoms with Crippen LogP contribution < -0.4 is 5.32 Å². The van der Waals surface area contributed by atoms with E-state index in [0.717, 1.165) is 19.5 Å². The van der Waals surface area contributed by atoms with Crippen molar-refractivity contribution < 1.29 is 0 Å². The molecule has 1 fully saturated rings. The fourth-order valence-electron chi connectivity index (χ4n) is 3.03. The maximum Gasteiger partial charge on any atom is 0.116 e. The summed E-state index contributed by atoms with van der Waals surface area (Å²) in [5.41, 5.74) is 5.34. The van der Waals surface area contributed by atoms with Crippen molar-refractivity contribution in [1.82, 2.24) is 14.9 Å². The van der Waals surface area contributed by atoms with E-state index in [0.29, 0.717) is 5.92 Å². The number of para-hydroxylation sites is 1. The number of fused-ring (bicyclic) bond motifs is 1. The maximum absolute atomic E-state index is 4.93. The highest BCUT2D eigenvalue weighted by Crippen LogP contribution is 2.41. The molecule has 0 unspecified atom stereocenters. The molecule has 0 saturated heterocycles. The topological polar surface area (TPSA) is 29.9 Å². The highest BCUT2D eigenvalue weighted by molar-refractivity contribution is 5.45. The lowest BCUT2D eigenvalue weighted by molar-refractivity contribution is 0.619. The van der Waals surface area contributed by atoms with Crippen molar-refractivity contribution >= 4 is 0 Å². The molecule has 98 valence electrons. The van der Waals surface area contributed by atoms with Gasteiger partial charge in [-0.2, -0.15) is 0 Å². The van der Waals surface area contributed by atoms with Gasteiger partial charge in [0.2, 0.25) is 0 Å². The number of imidazole rings is 1. The predicted molar refractivity (Wildman–Crippen MR) is 75.7 cm³/mol. The molecule has 2 aromatic rings.